The molecule has 1 aliphatic carbocycles. The van der Waals surface area contributed by atoms with Crippen LogP contribution in [0.4, 0.5) is 11.6 Å². The largest absolute Gasteiger partial charge is 0.490 e. The predicted molar refractivity (Wildman–Crippen MR) is 152 cm³/mol. The molecule has 9 heteroatoms. The van der Waals surface area contributed by atoms with Gasteiger partial charge in [0.15, 0.2) is 17.3 Å². The number of anilines is 2. The van der Waals surface area contributed by atoms with Crippen molar-refractivity contribution in [3.05, 3.63) is 72.1 Å². The van der Waals surface area contributed by atoms with Crippen molar-refractivity contribution < 1.29 is 23.8 Å². The number of hydrogen-bond acceptors (Lipinski definition) is 8. The van der Waals surface area contributed by atoms with Crippen LogP contribution < -0.4 is 19.7 Å². The molecular formula is C31H36N4O5. The summed E-state index contributed by atoms with van der Waals surface area (Å²) in [6.45, 7) is 4.04. The van der Waals surface area contributed by atoms with E-state index in [0.717, 1.165) is 54.9 Å². The van der Waals surface area contributed by atoms with Gasteiger partial charge in [0.05, 0.1) is 38.1 Å². The highest BCUT2D eigenvalue weighted by molar-refractivity contribution is 5.90. The van der Waals surface area contributed by atoms with Crippen LogP contribution in [0.25, 0.3) is 0 Å². The molecule has 1 aliphatic heterocycles. The van der Waals surface area contributed by atoms with Gasteiger partial charge in [0.25, 0.3) is 0 Å². The Morgan fingerprint density at radius 1 is 1.07 bits per heavy atom. The van der Waals surface area contributed by atoms with E-state index in [2.05, 4.69) is 20.2 Å². The van der Waals surface area contributed by atoms with Crippen LogP contribution in [-0.2, 0) is 26.2 Å². The fourth-order valence-corrected chi connectivity index (χ4v) is 5.20. The Labute approximate surface area is 234 Å². The van der Waals surface area contributed by atoms with Crippen molar-refractivity contribution in [1.29, 1.82) is 0 Å². The molecule has 2 fully saturated rings. The lowest BCUT2D eigenvalue weighted by molar-refractivity contribution is -0.143. The van der Waals surface area contributed by atoms with Crippen LogP contribution in [0.5, 0.6) is 11.5 Å². The molecule has 1 atom stereocenters. The van der Waals surface area contributed by atoms with E-state index in [4.69, 9.17) is 14.2 Å². The van der Waals surface area contributed by atoms with Gasteiger partial charge in [-0.1, -0.05) is 36.4 Å². The number of rotatable bonds is 11. The molecule has 0 unspecified atom stereocenters. The second-order valence-electron chi connectivity index (χ2n) is 10.3. The van der Waals surface area contributed by atoms with Gasteiger partial charge in [-0.25, -0.2) is 4.98 Å². The first-order valence-electron chi connectivity index (χ1n) is 13.9. The van der Waals surface area contributed by atoms with Gasteiger partial charge in [-0.2, -0.15) is 0 Å². The first-order chi connectivity index (χ1) is 19.5. The van der Waals surface area contributed by atoms with E-state index in [-0.39, 0.29) is 18.0 Å². The maximum atomic E-state index is 12.7. The van der Waals surface area contributed by atoms with Crippen molar-refractivity contribution in [2.24, 2.45) is 0 Å². The lowest BCUT2D eigenvalue weighted by atomic mass is 9.94. The molecule has 2 heterocycles. The number of para-hydroxylation sites is 2. The molecule has 5 rings (SSSR count). The minimum Gasteiger partial charge on any atom is -0.490 e. The molecule has 1 saturated carbocycles. The highest BCUT2D eigenvalue weighted by Gasteiger charge is 2.52. The standard InChI is InChI=1S/C31H36N4O5/c1-3-39-25-8-4-5-9-26(25)40-24-7-6-18-35(21-24)28-20-32-19-27(33-28)34-29(36)15-12-22-10-13-23(14-11-22)31(16-17-31)30(37)38-2/h4-5,8-11,13-14,19-20,24H,3,6-7,12,15-18,21H2,1-2H3,(H,33,34,36)/t24-/m1/s1. The number of ether oxygens (including phenoxy) is 3. The minimum atomic E-state index is -0.483. The summed E-state index contributed by atoms with van der Waals surface area (Å²) in [7, 11) is 1.43. The Bertz CT molecular complexity index is 1330. The molecule has 1 amide bonds. The number of aryl methyl sites for hydroxylation is 1. The van der Waals surface area contributed by atoms with Crippen molar-refractivity contribution >= 4 is 23.5 Å². The summed E-state index contributed by atoms with van der Waals surface area (Å²) >= 11 is 0. The smallest absolute Gasteiger partial charge is 0.316 e. The zero-order chi connectivity index (χ0) is 28.0. The van der Waals surface area contributed by atoms with E-state index in [1.165, 1.54) is 7.11 Å². The van der Waals surface area contributed by atoms with Crippen LogP contribution in [-0.4, -0.2) is 54.8 Å². The molecule has 9 nitrogen and oxygen atoms in total. The summed E-state index contributed by atoms with van der Waals surface area (Å²) in [6, 6.07) is 15.6. The Morgan fingerprint density at radius 2 is 1.85 bits per heavy atom. The number of amides is 1. The maximum Gasteiger partial charge on any atom is 0.316 e. The average molecular weight is 545 g/mol. The van der Waals surface area contributed by atoms with E-state index in [1.54, 1.807) is 12.4 Å². The van der Waals surface area contributed by atoms with Crippen LogP contribution >= 0.6 is 0 Å². The van der Waals surface area contributed by atoms with Crippen LogP contribution in [0.1, 0.15) is 50.2 Å². The van der Waals surface area contributed by atoms with E-state index < -0.39 is 5.41 Å². The van der Waals surface area contributed by atoms with Gasteiger partial charge < -0.3 is 24.4 Å². The number of esters is 1. The minimum absolute atomic E-state index is 0.01000. The summed E-state index contributed by atoms with van der Waals surface area (Å²) in [4.78, 5) is 35.9. The van der Waals surface area contributed by atoms with Crippen LogP contribution in [0, 0.1) is 0 Å². The quantitative estimate of drug-likeness (QED) is 0.347. The van der Waals surface area contributed by atoms with Crippen molar-refractivity contribution in [3.8, 4) is 11.5 Å². The zero-order valence-electron chi connectivity index (χ0n) is 23.1. The van der Waals surface area contributed by atoms with Gasteiger partial charge in [-0.15, -0.1) is 0 Å². The molecule has 210 valence electrons. The summed E-state index contributed by atoms with van der Waals surface area (Å²) < 4.78 is 17.0. The van der Waals surface area contributed by atoms with Crippen LogP contribution in [0.2, 0.25) is 0 Å². The number of hydrogen-bond donors (Lipinski definition) is 1. The first-order valence-corrected chi connectivity index (χ1v) is 13.9. The highest BCUT2D eigenvalue weighted by atomic mass is 16.5. The molecule has 2 aromatic carbocycles. The lowest BCUT2D eigenvalue weighted by Gasteiger charge is -2.33. The summed E-state index contributed by atoms with van der Waals surface area (Å²) in [6.07, 6.45) is 7.69. The van der Waals surface area contributed by atoms with Gasteiger partial charge in [0, 0.05) is 13.0 Å². The number of nitrogens with one attached hydrogen (secondary N) is 1. The lowest BCUT2D eigenvalue weighted by Crippen LogP contribution is -2.41. The van der Waals surface area contributed by atoms with Crippen molar-refractivity contribution in [2.45, 2.75) is 57.0 Å². The molecule has 0 bridgehead atoms. The van der Waals surface area contributed by atoms with Gasteiger partial charge in [0.1, 0.15) is 11.9 Å². The Kier molecular flexibility index (Phi) is 8.48. The number of methoxy groups -OCH3 is 1. The molecular weight excluding hydrogens is 508 g/mol. The van der Waals surface area contributed by atoms with Crippen LogP contribution in [0.15, 0.2) is 60.9 Å². The maximum absolute atomic E-state index is 12.7. The van der Waals surface area contributed by atoms with E-state index in [1.807, 2.05) is 55.5 Å². The van der Waals surface area contributed by atoms with Crippen molar-refractivity contribution in [3.63, 3.8) is 0 Å². The SMILES string of the molecule is CCOc1ccccc1O[C@@H]1CCCN(c2cncc(NC(=O)CCc3ccc(C4(C(=O)OC)CC4)cc3)n2)C1. The van der Waals surface area contributed by atoms with E-state index >= 15 is 0 Å². The third-order valence-electron chi connectivity index (χ3n) is 7.51. The fraction of sp³-hybridized carbons (Fsp3) is 0.419. The van der Waals surface area contributed by atoms with Gasteiger partial charge in [-0.3, -0.25) is 14.6 Å². The molecule has 2 aliphatic rings. The number of piperidine rings is 1. The topological polar surface area (TPSA) is 103 Å². The average Bonchev–Trinajstić information content (AvgIpc) is 3.80. The van der Waals surface area contributed by atoms with Crippen molar-refractivity contribution in [2.75, 3.05) is 37.0 Å². The number of benzene rings is 2. The zero-order valence-corrected chi connectivity index (χ0v) is 23.1. The summed E-state index contributed by atoms with van der Waals surface area (Å²) in [5.74, 6) is 2.32. The van der Waals surface area contributed by atoms with E-state index in [9.17, 15) is 9.59 Å². The second kappa shape index (κ2) is 12.4. The van der Waals surface area contributed by atoms with Crippen molar-refractivity contribution in [1.82, 2.24) is 9.97 Å². The predicted octanol–water partition coefficient (Wildman–Crippen LogP) is 4.70. The number of carbonyl (C=O) groups excluding carboxylic acids is 2. The molecule has 40 heavy (non-hydrogen) atoms. The number of aromatic nitrogens is 2. The van der Waals surface area contributed by atoms with Gasteiger partial charge in [-0.05, 0) is 62.3 Å². The number of carbonyl (C=O) groups is 2. The highest BCUT2D eigenvalue weighted by Crippen LogP contribution is 2.49. The molecule has 1 N–H and O–H groups in total. The van der Waals surface area contributed by atoms with Crippen LogP contribution in [0.3, 0.4) is 0 Å². The molecule has 1 saturated heterocycles. The fourth-order valence-electron chi connectivity index (χ4n) is 5.20. The monoisotopic (exact) mass is 544 g/mol. The normalized spacial score (nSPS) is 17.6. The number of nitrogens with zero attached hydrogens (tertiary/aromatic N) is 3. The Hall–Kier alpha value is -4.14. The summed E-state index contributed by atoms with van der Waals surface area (Å²) in [5.41, 5.74) is 1.52. The molecule has 0 radical (unpaired) electrons. The third kappa shape index (κ3) is 6.35. The molecule has 0 spiro atoms. The van der Waals surface area contributed by atoms with Gasteiger partial charge >= 0.3 is 5.97 Å². The Balaban J connectivity index is 1.14. The summed E-state index contributed by atoms with van der Waals surface area (Å²) in [5, 5.41) is 2.88. The second-order valence-corrected chi connectivity index (χ2v) is 10.3. The Morgan fingerprint density at radius 3 is 2.58 bits per heavy atom. The molecule has 1 aromatic heterocycles. The molecule has 3 aromatic rings. The first kappa shape index (κ1) is 27.4. The van der Waals surface area contributed by atoms with Gasteiger partial charge in [0.2, 0.25) is 5.91 Å². The third-order valence-corrected chi connectivity index (χ3v) is 7.51. The van der Waals surface area contributed by atoms with E-state index in [0.29, 0.717) is 37.6 Å².